The Morgan fingerprint density at radius 1 is 0.905 bits per heavy atom. The third kappa shape index (κ3) is 2.25. The van der Waals surface area contributed by atoms with Gasteiger partial charge in [-0.25, -0.2) is 0 Å². The Morgan fingerprint density at radius 2 is 1.43 bits per heavy atom. The van der Waals surface area contributed by atoms with Gasteiger partial charge in [0.05, 0.1) is 8.07 Å². The Labute approximate surface area is 157 Å². The van der Waals surface area contributed by atoms with Crippen molar-refractivity contribution < 1.29 is 0 Å². The molecule has 0 aromatic carbocycles. The van der Waals surface area contributed by atoms with Gasteiger partial charge in [-0.1, -0.05) is 31.8 Å². The van der Waals surface area contributed by atoms with E-state index >= 15 is 0 Å². The summed E-state index contributed by atoms with van der Waals surface area (Å²) in [7, 11) is -1.84. The molecule has 0 radical (unpaired) electrons. The van der Waals surface area contributed by atoms with E-state index in [1.807, 2.05) is 0 Å². The molecule has 9 heteroatoms. The molecule has 0 heterocycles. The third-order valence-electron chi connectivity index (χ3n) is 5.98. The van der Waals surface area contributed by atoms with Crippen LogP contribution in [0, 0.1) is 23.7 Å². The molecule has 21 heavy (non-hydrogen) atoms. The zero-order chi connectivity index (χ0) is 16.0. The number of allylic oxidation sites excluding steroid dienone is 2. The monoisotopic (exact) mass is 456 g/mol. The van der Waals surface area contributed by atoms with Gasteiger partial charge in [-0.2, -0.15) is 0 Å². The molecule has 0 nitrogen and oxygen atoms in total. The molecule has 2 fully saturated rings. The standard InChI is InChI=1S/C12H18Cl6Si3/c1-19(2,3)12(21(16,17)18)10-8-5-4-7(6-8)9(10)11(12)20(13,14)15/h4-5,7-11H,6H2,1-3H3/t7-,8+,9+,10-,11?,12?/m1/s1. The van der Waals surface area contributed by atoms with Crippen molar-refractivity contribution in [2.75, 3.05) is 0 Å². The summed E-state index contributed by atoms with van der Waals surface area (Å²) in [5.41, 5.74) is 0.00535. The predicted octanol–water partition coefficient (Wildman–Crippen LogP) is 6.74. The molecule has 0 saturated heterocycles. The number of rotatable bonds is 3. The lowest BCUT2D eigenvalue weighted by atomic mass is 9.66. The largest absolute Gasteiger partial charge is 0.345 e. The van der Waals surface area contributed by atoms with E-state index in [1.165, 1.54) is 0 Å². The summed E-state index contributed by atoms with van der Waals surface area (Å²) in [6, 6.07) is -5.98. The second kappa shape index (κ2) is 5.07. The van der Waals surface area contributed by atoms with E-state index in [2.05, 4.69) is 31.8 Å². The highest BCUT2D eigenvalue weighted by molar-refractivity contribution is 7.70. The Bertz CT molecular complexity index is 475. The minimum atomic E-state index is -3.03. The minimum absolute atomic E-state index is 0.00535. The minimum Gasteiger partial charge on any atom is -0.126 e. The number of hydrogen-bond acceptors (Lipinski definition) is 0. The number of hydrogen-bond donors (Lipinski definition) is 0. The van der Waals surface area contributed by atoms with Crippen molar-refractivity contribution in [3.63, 3.8) is 0 Å². The highest BCUT2D eigenvalue weighted by Crippen LogP contribution is 2.86. The van der Waals surface area contributed by atoms with Crippen molar-refractivity contribution in [1.29, 1.82) is 0 Å². The van der Waals surface area contributed by atoms with Gasteiger partial charge < -0.3 is 0 Å². The molecular formula is C12H18Cl6Si3. The van der Waals surface area contributed by atoms with Crippen LogP contribution in [0.25, 0.3) is 0 Å². The average molecular weight is 459 g/mol. The molecule has 2 unspecified atom stereocenters. The van der Waals surface area contributed by atoms with Gasteiger partial charge in [0.2, 0.25) is 0 Å². The Morgan fingerprint density at radius 3 is 1.86 bits per heavy atom. The first-order chi connectivity index (χ1) is 9.33. The molecule has 2 bridgehead atoms. The lowest BCUT2D eigenvalue weighted by molar-refractivity contribution is 0.124. The fraction of sp³-hybridized carbons (Fsp3) is 0.833. The van der Waals surface area contributed by atoms with Crippen LogP contribution in [0.1, 0.15) is 6.42 Å². The van der Waals surface area contributed by atoms with E-state index in [1.54, 1.807) is 0 Å². The highest BCUT2D eigenvalue weighted by atomic mass is 35.8. The first kappa shape index (κ1) is 17.9. The molecule has 0 aliphatic heterocycles. The number of halogens is 6. The maximum Gasteiger partial charge on any atom is 0.345 e. The van der Waals surface area contributed by atoms with E-state index in [0.717, 1.165) is 6.42 Å². The van der Waals surface area contributed by atoms with Crippen molar-refractivity contribution >= 4 is 86.6 Å². The topological polar surface area (TPSA) is 0 Å². The zero-order valence-electron chi connectivity index (χ0n) is 12.0. The van der Waals surface area contributed by atoms with Crippen LogP contribution in [0.5, 0.6) is 0 Å². The van der Waals surface area contributed by atoms with Crippen molar-refractivity contribution in [2.45, 2.75) is 36.3 Å². The normalized spacial score (nSPS) is 45.7. The summed E-state index contributed by atoms with van der Waals surface area (Å²) >= 11 is 39.8. The van der Waals surface area contributed by atoms with E-state index in [0.29, 0.717) is 23.7 Å². The quantitative estimate of drug-likeness (QED) is 0.249. The molecule has 3 rings (SSSR count). The summed E-state index contributed by atoms with van der Waals surface area (Å²) in [4.78, 5) is 0. The summed E-state index contributed by atoms with van der Waals surface area (Å²) in [5, 5.41) is 0. The van der Waals surface area contributed by atoms with Gasteiger partial charge in [-0.3, -0.25) is 0 Å². The van der Waals surface area contributed by atoms with Crippen LogP contribution in [-0.4, -0.2) is 20.1 Å². The smallest absolute Gasteiger partial charge is 0.126 e. The highest BCUT2D eigenvalue weighted by Gasteiger charge is 2.83. The van der Waals surface area contributed by atoms with Crippen molar-refractivity contribution in [1.82, 2.24) is 0 Å². The van der Waals surface area contributed by atoms with Crippen molar-refractivity contribution in [2.24, 2.45) is 23.7 Å². The Hall–Kier alpha value is 2.13. The zero-order valence-corrected chi connectivity index (χ0v) is 19.6. The fourth-order valence-corrected chi connectivity index (χ4v) is 32.9. The third-order valence-corrected chi connectivity index (χ3v) is 22.5. The van der Waals surface area contributed by atoms with Gasteiger partial charge in [0.1, 0.15) is 0 Å². The molecule has 0 N–H and O–H groups in total. The van der Waals surface area contributed by atoms with Crippen LogP contribution in [0.2, 0.25) is 29.8 Å². The SMILES string of the molecule is C[Si](C)(C)C1([Si](Cl)(Cl)Cl)C([Si](Cl)(Cl)Cl)[C@@H]2[C@H]1[C@H]1C=C[C@@H]2C1. The molecule has 0 aromatic heterocycles. The van der Waals surface area contributed by atoms with E-state index in [9.17, 15) is 0 Å². The first-order valence-corrected chi connectivity index (χ1v) is 20.8. The van der Waals surface area contributed by atoms with Crippen LogP contribution in [0.15, 0.2) is 12.2 Å². The molecular weight excluding hydrogens is 441 g/mol. The van der Waals surface area contributed by atoms with Crippen LogP contribution in [-0.2, 0) is 0 Å². The van der Waals surface area contributed by atoms with Crippen molar-refractivity contribution in [3.05, 3.63) is 12.2 Å². The van der Waals surface area contributed by atoms with Crippen molar-refractivity contribution in [3.8, 4) is 0 Å². The summed E-state index contributed by atoms with van der Waals surface area (Å²) < 4.78 is -0.309. The van der Waals surface area contributed by atoms with Gasteiger partial charge in [0.15, 0.2) is 0 Å². The Kier molecular flexibility index (Phi) is 4.33. The van der Waals surface area contributed by atoms with Crippen LogP contribution in [0.4, 0.5) is 0 Å². The van der Waals surface area contributed by atoms with E-state index in [4.69, 9.17) is 66.5 Å². The second-order valence-electron chi connectivity index (χ2n) is 7.69. The van der Waals surface area contributed by atoms with E-state index in [-0.39, 0.29) is 10.2 Å². The predicted molar refractivity (Wildman–Crippen MR) is 104 cm³/mol. The second-order valence-corrected chi connectivity index (χ2v) is 31.0. The molecule has 2 saturated carbocycles. The summed E-state index contributed by atoms with van der Waals surface area (Å²) in [6.45, 7) is 6.85. The van der Waals surface area contributed by atoms with Gasteiger partial charge in [-0.15, -0.1) is 66.5 Å². The van der Waals surface area contributed by atoms with E-state index < -0.39 is 20.1 Å². The molecule has 0 aromatic rings. The van der Waals surface area contributed by atoms with Gasteiger partial charge in [0.25, 0.3) is 0 Å². The molecule has 3 aliphatic carbocycles. The Balaban J connectivity index is 2.19. The van der Waals surface area contributed by atoms with Gasteiger partial charge >= 0.3 is 12.0 Å². The van der Waals surface area contributed by atoms with Crippen LogP contribution < -0.4 is 0 Å². The molecule has 3 aliphatic rings. The summed E-state index contributed by atoms with van der Waals surface area (Å²) in [5.74, 6) is 1.90. The molecule has 120 valence electrons. The van der Waals surface area contributed by atoms with Gasteiger partial charge in [-0.05, 0) is 30.1 Å². The van der Waals surface area contributed by atoms with Gasteiger partial charge in [0, 0.05) is 10.2 Å². The van der Waals surface area contributed by atoms with Crippen LogP contribution >= 0.6 is 66.5 Å². The number of fused-ring (bicyclic) bond motifs is 5. The fourth-order valence-electron chi connectivity index (χ4n) is 5.58. The maximum absolute atomic E-state index is 6.71. The maximum atomic E-state index is 6.71. The lowest BCUT2D eigenvalue weighted by Gasteiger charge is -2.70. The average Bonchev–Trinajstić information content (AvgIpc) is 2.66. The first-order valence-electron chi connectivity index (χ1n) is 7.15. The molecule has 6 atom stereocenters. The summed E-state index contributed by atoms with van der Waals surface area (Å²) in [6.07, 6.45) is 5.78. The molecule has 0 spiro atoms. The molecule has 0 amide bonds. The lowest BCUT2D eigenvalue weighted by Crippen LogP contribution is -2.71. The van der Waals surface area contributed by atoms with Crippen LogP contribution in [0.3, 0.4) is 0 Å².